The predicted molar refractivity (Wildman–Crippen MR) is 47.0 cm³/mol. The van der Waals surface area contributed by atoms with Crippen LogP contribution in [-0.2, 0) is 19.1 Å². The summed E-state index contributed by atoms with van der Waals surface area (Å²) < 4.78 is 9.28. The van der Waals surface area contributed by atoms with Gasteiger partial charge in [0.25, 0.3) is 0 Å². The number of hydrogen-bond donors (Lipinski definition) is 0. The number of ketones is 1. The summed E-state index contributed by atoms with van der Waals surface area (Å²) in [6.07, 6.45) is 0.255. The molecule has 0 fully saturated rings. The number of allylic oxidation sites excluding steroid dienone is 1. The Morgan fingerprint density at radius 2 is 1.69 bits per heavy atom. The van der Waals surface area contributed by atoms with Crippen LogP contribution in [-0.4, -0.2) is 26.0 Å². The number of ether oxygens (including phenoxy) is 2. The summed E-state index contributed by atoms with van der Waals surface area (Å²) in [4.78, 5) is 22.4. The van der Waals surface area contributed by atoms with Gasteiger partial charge in [0.2, 0.25) is 0 Å². The van der Waals surface area contributed by atoms with Crippen molar-refractivity contribution in [3.63, 3.8) is 0 Å². The summed E-state index contributed by atoms with van der Waals surface area (Å²) in [6, 6.07) is 0. The maximum absolute atomic E-state index is 11.3. The number of carbonyl (C=O) groups excluding carboxylic acids is 2. The van der Waals surface area contributed by atoms with Crippen molar-refractivity contribution in [2.24, 2.45) is 0 Å². The molecule has 0 heterocycles. The second-order valence-corrected chi connectivity index (χ2v) is 2.40. The highest BCUT2D eigenvalue weighted by molar-refractivity contribution is 6.17. The molecule has 0 atom stereocenters. The van der Waals surface area contributed by atoms with Crippen LogP contribution in [0.4, 0.5) is 0 Å². The van der Waals surface area contributed by atoms with Gasteiger partial charge in [0.1, 0.15) is 11.3 Å². The van der Waals surface area contributed by atoms with Crippen LogP contribution in [0.2, 0.25) is 0 Å². The Bertz CT molecular complexity index is 222. The van der Waals surface area contributed by atoms with Gasteiger partial charge in [-0.25, -0.2) is 4.79 Å². The van der Waals surface area contributed by atoms with Gasteiger partial charge in [0, 0.05) is 6.42 Å². The summed E-state index contributed by atoms with van der Waals surface area (Å²) in [5.41, 5.74) is -0.00694. The van der Waals surface area contributed by atoms with E-state index in [4.69, 9.17) is 4.74 Å². The zero-order valence-corrected chi connectivity index (χ0v) is 8.34. The maximum atomic E-state index is 11.3. The quantitative estimate of drug-likeness (QED) is 0.216. The van der Waals surface area contributed by atoms with Crippen LogP contribution in [0.3, 0.4) is 0 Å². The molecule has 0 aliphatic heterocycles. The lowest BCUT2D eigenvalue weighted by Crippen LogP contribution is -2.16. The normalized spacial score (nSPS) is 11.7. The van der Waals surface area contributed by atoms with Crippen molar-refractivity contribution in [3.05, 3.63) is 11.3 Å². The van der Waals surface area contributed by atoms with E-state index in [0.29, 0.717) is 5.76 Å². The Hall–Kier alpha value is -1.32. The van der Waals surface area contributed by atoms with Crippen LogP contribution >= 0.6 is 0 Å². The van der Waals surface area contributed by atoms with Crippen molar-refractivity contribution in [2.75, 3.05) is 14.2 Å². The standard InChI is InChI=1S/C9H14O4/c1-5-7(10)8(6(2)12-3)9(11)13-4/h5H2,1-4H3. The lowest BCUT2D eigenvalue weighted by Gasteiger charge is -2.06. The summed E-state index contributed by atoms with van der Waals surface area (Å²) in [7, 11) is 2.63. The minimum atomic E-state index is -0.647. The molecule has 4 nitrogen and oxygen atoms in total. The van der Waals surface area contributed by atoms with Crippen LogP contribution in [0, 0.1) is 0 Å². The lowest BCUT2D eigenvalue weighted by molar-refractivity contribution is -0.138. The predicted octanol–water partition coefficient (Wildman–Crippen LogP) is 1.06. The first-order valence-electron chi connectivity index (χ1n) is 3.94. The first kappa shape index (κ1) is 11.7. The van der Waals surface area contributed by atoms with Gasteiger partial charge in [-0.2, -0.15) is 0 Å². The minimum absolute atomic E-state index is 0.00694. The molecule has 0 N–H and O–H groups in total. The highest BCUT2D eigenvalue weighted by Crippen LogP contribution is 2.09. The van der Waals surface area contributed by atoms with E-state index in [1.165, 1.54) is 14.2 Å². The molecule has 0 rings (SSSR count). The Balaban J connectivity index is 4.97. The Labute approximate surface area is 77.5 Å². The zero-order valence-electron chi connectivity index (χ0n) is 8.34. The van der Waals surface area contributed by atoms with E-state index >= 15 is 0 Å². The molecule has 0 spiro atoms. The van der Waals surface area contributed by atoms with Crippen molar-refractivity contribution >= 4 is 11.8 Å². The monoisotopic (exact) mass is 186 g/mol. The number of hydrogen-bond acceptors (Lipinski definition) is 4. The average Bonchev–Trinajstić information content (AvgIpc) is 2.16. The van der Waals surface area contributed by atoms with Crippen LogP contribution in [0.15, 0.2) is 11.3 Å². The summed E-state index contributed by atoms with van der Waals surface area (Å²) in [5.74, 6) is -0.629. The van der Waals surface area contributed by atoms with E-state index in [2.05, 4.69) is 4.74 Å². The smallest absolute Gasteiger partial charge is 0.344 e. The van der Waals surface area contributed by atoms with Gasteiger partial charge in [0.05, 0.1) is 14.2 Å². The molecule has 0 aromatic heterocycles. The molecule has 74 valence electrons. The molecule has 0 amide bonds. The van der Waals surface area contributed by atoms with Crippen molar-refractivity contribution in [1.29, 1.82) is 0 Å². The Morgan fingerprint density at radius 3 is 2.00 bits per heavy atom. The Morgan fingerprint density at radius 1 is 1.15 bits per heavy atom. The van der Waals surface area contributed by atoms with Crippen molar-refractivity contribution in [2.45, 2.75) is 20.3 Å². The molecule has 0 saturated carbocycles. The zero-order chi connectivity index (χ0) is 10.4. The fourth-order valence-corrected chi connectivity index (χ4v) is 0.835. The third kappa shape index (κ3) is 2.89. The summed E-state index contributed by atoms with van der Waals surface area (Å²) in [5, 5.41) is 0. The molecule has 0 saturated heterocycles. The van der Waals surface area contributed by atoms with Gasteiger partial charge < -0.3 is 9.47 Å². The van der Waals surface area contributed by atoms with E-state index in [9.17, 15) is 9.59 Å². The van der Waals surface area contributed by atoms with E-state index in [1.54, 1.807) is 13.8 Å². The number of esters is 1. The van der Waals surface area contributed by atoms with E-state index in [-0.39, 0.29) is 17.8 Å². The molecule has 13 heavy (non-hydrogen) atoms. The molecule has 0 aromatic carbocycles. The van der Waals surface area contributed by atoms with Gasteiger partial charge >= 0.3 is 5.97 Å². The van der Waals surface area contributed by atoms with Crippen molar-refractivity contribution < 1.29 is 19.1 Å². The van der Waals surface area contributed by atoms with E-state index < -0.39 is 5.97 Å². The fraction of sp³-hybridized carbons (Fsp3) is 0.556. The second-order valence-electron chi connectivity index (χ2n) is 2.40. The number of carbonyl (C=O) groups is 2. The lowest BCUT2D eigenvalue weighted by atomic mass is 10.1. The highest BCUT2D eigenvalue weighted by Gasteiger charge is 2.20. The van der Waals surface area contributed by atoms with E-state index in [0.717, 1.165) is 0 Å². The average molecular weight is 186 g/mol. The second kappa shape index (κ2) is 5.35. The van der Waals surface area contributed by atoms with Gasteiger partial charge in [0.15, 0.2) is 5.78 Å². The summed E-state index contributed by atoms with van der Waals surface area (Å²) >= 11 is 0. The first-order chi connectivity index (χ1) is 6.08. The van der Waals surface area contributed by atoms with Crippen molar-refractivity contribution in [1.82, 2.24) is 0 Å². The molecular formula is C9H14O4. The number of methoxy groups -OCH3 is 2. The van der Waals surface area contributed by atoms with E-state index in [1.807, 2.05) is 0 Å². The largest absolute Gasteiger partial charge is 0.500 e. The maximum Gasteiger partial charge on any atom is 0.344 e. The number of Topliss-reactive ketones (excluding diaryl/α,β-unsaturated/α-hetero) is 1. The third-order valence-corrected chi connectivity index (χ3v) is 1.65. The van der Waals surface area contributed by atoms with Crippen molar-refractivity contribution in [3.8, 4) is 0 Å². The molecule has 0 aliphatic rings. The first-order valence-corrected chi connectivity index (χ1v) is 3.94. The number of rotatable bonds is 4. The molecule has 0 bridgehead atoms. The molecule has 0 aliphatic carbocycles. The van der Waals surface area contributed by atoms with Gasteiger partial charge in [-0.3, -0.25) is 4.79 Å². The van der Waals surface area contributed by atoms with Crippen LogP contribution in [0.1, 0.15) is 20.3 Å². The molecule has 0 aromatic rings. The van der Waals surface area contributed by atoms with Gasteiger partial charge in [-0.1, -0.05) is 6.92 Å². The topological polar surface area (TPSA) is 52.6 Å². The van der Waals surface area contributed by atoms with Crippen LogP contribution in [0.5, 0.6) is 0 Å². The van der Waals surface area contributed by atoms with Crippen LogP contribution < -0.4 is 0 Å². The summed E-state index contributed by atoms with van der Waals surface area (Å²) in [6.45, 7) is 3.23. The van der Waals surface area contributed by atoms with Gasteiger partial charge in [-0.15, -0.1) is 0 Å². The Kier molecular flexibility index (Phi) is 4.80. The molecular weight excluding hydrogens is 172 g/mol. The van der Waals surface area contributed by atoms with Gasteiger partial charge in [-0.05, 0) is 6.92 Å². The molecule has 0 unspecified atom stereocenters. The minimum Gasteiger partial charge on any atom is -0.500 e. The highest BCUT2D eigenvalue weighted by atomic mass is 16.5. The molecule has 0 radical (unpaired) electrons. The van der Waals surface area contributed by atoms with Crippen LogP contribution in [0.25, 0.3) is 0 Å². The third-order valence-electron chi connectivity index (χ3n) is 1.65. The SMILES string of the molecule is CCC(=O)C(C(=O)OC)=C(C)OC. The molecule has 4 heteroatoms. The fourth-order valence-electron chi connectivity index (χ4n) is 0.835.